The van der Waals surface area contributed by atoms with Crippen LogP contribution < -0.4 is 5.32 Å². The van der Waals surface area contributed by atoms with E-state index in [0.717, 1.165) is 34.0 Å². The van der Waals surface area contributed by atoms with Crippen molar-refractivity contribution in [1.29, 1.82) is 0 Å². The largest absolute Gasteiger partial charge is 0.310 e. The first-order valence-corrected chi connectivity index (χ1v) is 9.83. The highest BCUT2D eigenvalue weighted by Gasteiger charge is 2.15. The lowest BCUT2D eigenvalue weighted by Gasteiger charge is -2.09. The predicted molar refractivity (Wildman–Crippen MR) is 105 cm³/mol. The zero-order valence-electron chi connectivity index (χ0n) is 14.1. The highest BCUT2D eigenvalue weighted by molar-refractivity contribution is 9.10. The summed E-state index contributed by atoms with van der Waals surface area (Å²) in [4.78, 5) is 20.3. The third kappa shape index (κ3) is 4.67. The van der Waals surface area contributed by atoms with E-state index in [0.29, 0.717) is 5.82 Å². The van der Waals surface area contributed by atoms with Gasteiger partial charge in [-0.15, -0.1) is 10.2 Å². The first kappa shape index (κ1) is 18.5. The molecule has 1 N–H and O–H groups in total. The number of hydrogen-bond donors (Lipinski definition) is 1. The predicted octanol–water partition coefficient (Wildman–Crippen LogP) is 3.64. The fraction of sp³-hybridized carbons (Fsp3) is 0.235. The van der Waals surface area contributed by atoms with Gasteiger partial charge in [-0.1, -0.05) is 18.7 Å². The number of nitrogens with zero attached hydrogens (tertiary/aromatic N) is 5. The number of carbonyl (C=O) groups excluding carboxylic acids is 1. The Bertz CT molecular complexity index is 869. The summed E-state index contributed by atoms with van der Waals surface area (Å²) in [5.41, 5.74) is 0.955. The molecule has 26 heavy (non-hydrogen) atoms. The van der Waals surface area contributed by atoms with Crippen LogP contribution in [0.15, 0.2) is 52.5 Å². The average molecular weight is 433 g/mol. The van der Waals surface area contributed by atoms with E-state index in [4.69, 9.17) is 0 Å². The van der Waals surface area contributed by atoms with E-state index >= 15 is 0 Å². The summed E-state index contributed by atoms with van der Waals surface area (Å²) in [6.45, 7) is 2.87. The molecular weight excluding hydrogens is 416 g/mol. The molecule has 0 spiro atoms. The van der Waals surface area contributed by atoms with E-state index in [1.807, 2.05) is 22.8 Å². The number of rotatable bonds is 7. The molecule has 0 fully saturated rings. The molecule has 7 nitrogen and oxygen atoms in total. The second kappa shape index (κ2) is 8.91. The van der Waals surface area contributed by atoms with Crippen LogP contribution in [0.4, 0.5) is 5.82 Å². The van der Waals surface area contributed by atoms with Crippen molar-refractivity contribution in [3.63, 3.8) is 0 Å². The minimum atomic E-state index is -0.138. The first-order chi connectivity index (χ1) is 12.7. The van der Waals surface area contributed by atoms with Crippen molar-refractivity contribution in [2.75, 3.05) is 11.1 Å². The summed E-state index contributed by atoms with van der Waals surface area (Å²) in [5.74, 6) is 1.40. The molecule has 0 atom stereocenters. The Labute approximate surface area is 163 Å². The molecule has 3 heterocycles. The highest BCUT2D eigenvalue weighted by atomic mass is 79.9. The van der Waals surface area contributed by atoms with Gasteiger partial charge in [-0.3, -0.25) is 9.78 Å². The Morgan fingerprint density at radius 2 is 2.04 bits per heavy atom. The molecular formula is C17H17BrN6OS. The maximum absolute atomic E-state index is 12.2. The van der Waals surface area contributed by atoms with Crippen molar-refractivity contribution in [2.45, 2.75) is 25.0 Å². The van der Waals surface area contributed by atoms with Crippen LogP contribution in [0.3, 0.4) is 0 Å². The normalized spacial score (nSPS) is 10.7. The maximum atomic E-state index is 12.2. The maximum Gasteiger partial charge on any atom is 0.236 e. The Morgan fingerprint density at radius 3 is 2.73 bits per heavy atom. The summed E-state index contributed by atoms with van der Waals surface area (Å²) in [6.07, 6.45) is 6.04. The Morgan fingerprint density at radius 1 is 1.23 bits per heavy atom. The van der Waals surface area contributed by atoms with Gasteiger partial charge in [-0.2, -0.15) is 0 Å². The number of thioether (sulfide) groups is 1. The van der Waals surface area contributed by atoms with Gasteiger partial charge in [0.25, 0.3) is 0 Å². The molecule has 3 aromatic rings. The van der Waals surface area contributed by atoms with Gasteiger partial charge in [-0.25, -0.2) is 4.98 Å². The zero-order chi connectivity index (χ0) is 18.4. The van der Waals surface area contributed by atoms with Crippen LogP contribution in [0.25, 0.3) is 11.4 Å². The van der Waals surface area contributed by atoms with E-state index < -0.39 is 0 Å². The first-order valence-electron chi connectivity index (χ1n) is 8.05. The van der Waals surface area contributed by atoms with Crippen LogP contribution in [0, 0.1) is 0 Å². The van der Waals surface area contributed by atoms with Crippen molar-refractivity contribution in [1.82, 2.24) is 24.7 Å². The molecule has 0 aromatic carbocycles. The van der Waals surface area contributed by atoms with Crippen molar-refractivity contribution >= 4 is 39.4 Å². The number of amides is 1. The minimum Gasteiger partial charge on any atom is -0.310 e. The van der Waals surface area contributed by atoms with E-state index in [-0.39, 0.29) is 11.7 Å². The molecule has 0 aliphatic heterocycles. The summed E-state index contributed by atoms with van der Waals surface area (Å²) in [5, 5.41) is 12.0. The van der Waals surface area contributed by atoms with Gasteiger partial charge in [-0.05, 0) is 46.6 Å². The molecule has 134 valence electrons. The summed E-state index contributed by atoms with van der Waals surface area (Å²) in [6, 6.07) is 7.37. The lowest BCUT2D eigenvalue weighted by atomic mass is 10.2. The van der Waals surface area contributed by atoms with Crippen LogP contribution in [-0.2, 0) is 11.3 Å². The molecule has 0 radical (unpaired) electrons. The number of carbonyl (C=O) groups is 1. The minimum absolute atomic E-state index is 0.138. The average Bonchev–Trinajstić information content (AvgIpc) is 3.06. The fourth-order valence-electron chi connectivity index (χ4n) is 2.29. The second-order valence-corrected chi connectivity index (χ2v) is 7.25. The third-order valence-electron chi connectivity index (χ3n) is 3.43. The fourth-order valence-corrected chi connectivity index (χ4v) is 3.29. The smallest absolute Gasteiger partial charge is 0.236 e. The lowest BCUT2D eigenvalue weighted by Crippen LogP contribution is -2.15. The Kier molecular flexibility index (Phi) is 6.35. The van der Waals surface area contributed by atoms with Gasteiger partial charge in [0.15, 0.2) is 11.0 Å². The summed E-state index contributed by atoms with van der Waals surface area (Å²) >= 11 is 4.67. The lowest BCUT2D eigenvalue weighted by molar-refractivity contribution is -0.113. The standard InChI is InChI=1S/C17H17BrN6OS/c1-2-9-24-16(12-5-7-19-8-6-12)22-23-17(24)26-11-15(25)21-14-4-3-13(18)10-20-14/h3-8,10H,2,9,11H2,1H3,(H,20,21,25). The molecule has 0 unspecified atom stereocenters. The van der Waals surface area contributed by atoms with E-state index in [9.17, 15) is 4.79 Å². The monoisotopic (exact) mass is 432 g/mol. The Balaban J connectivity index is 1.68. The number of pyridine rings is 2. The topological polar surface area (TPSA) is 85.6 Å². The molecule has 9 heteroatoms. The van der Waals surface area contributed by atoms with E-state index in [2.05, 4.69) is 48.3 Å². The van der Waals surface area contributed by atoms with Crippen molar-refractivity contribution < 1.29 is 4.79 Å². The van der Waals surface area contributed by atoms with Gasteiger partial charge >= 0.3 is 0 Å². The summed E-state index contributed by atoms with van der Waals surface area (Å²) in [7, 11) is 0. The zero-order valence-corrected chi connectivity index (χ0v) is 16.5. The van der Waals surface area contributed by atoms with Crippen molar-refractivity contribution in [2.24, 2.45) is 0 Å². The van der Waals surface area contributed by atoms with Crippen molar-refractivity contribution in [3.8, 4) is 11.4 Å². The van der Waals surface area contributed by atoms with Gasteiger partial charge < -0.3 is 9.88 Å². The van der Waals surface area contributed by atoms with Crippen LogP contribution in [0.1, 0.15) is 13.3 Å². The SMILES string of the molecule is CCCn1c(SCC(=O)Nc2ccc(Br)cn2)nnc1-c1ccncc1. The van der Waals surface area contributed by atoms with E-state index in [1.165, 1.54) is 11.8 Å². The highest BCUT2D eigenvalue weighted by Crippen LogP contribution is 2.24. The van der Waals surface area contributed by atoms with Gasteiger partial charge in [0.1, 0.15) is 5.82 Å². The molecule has 3 aromatic heterocycles. The molecule has 3 rings (SSSR count). The number of nitrogens with one attached hydrogen (secondary N) is 1. The number of hydrogen-bond acceptors (Lipinski definition) is 6. The van der Waals surface area contributed by atoms with Crippen LogP contribution in [0.2, 0.25) is 0 Å². The van der Waals surface area contributed by atoms with Crippen LogP contribution >= 0.6 is 27.7 Å². The van der Waals surface area contributed by atoms with E-state index in [1.54, 1.807) is 24.7 Å². The molecule has 0 aliphatic rings. The number of anilines is 1. The van der Waals surface area contributed by atoms with Gasteiger partial charge in [0.05, 0.1) is 5.75 Å². The van der Waals surface area contributed by atoms with Crippen molar-refractivity contribution in [3.05, 3.63) is 47.3 Å². The third-order valence-corrected chi connectivity index (χ3v) is 4.87. The van der Waals surface area contributed by atoms with Gasteiger partial charge in [0.2, 0.25) is 5.91 Å². The molecule has 0 aliphatic carbocycles. The number of halogens is 1. The molecule has 0 saturated carbocycles. The number of aromatic nitrogens is 5. The molecule has 1 amide bonds. The molecule has 0 saturated heterocycles. The summed E-state index contributed by atoms with van der Waals surface area (Å²) < 4.78 is 2.90. The van der Waals surface area contributed by atoms with Gasteiger partial charge in [0, 0.05) is 35.2 Å². The quantitative estimate of drug-likeness (QED) is 0.573. The molecule has 0 bridgehead atoms. The Hall–Kier alpha value is -2.26. The second-order valence-electron chi connectivity index (χ2n) is 5.39. The van der Waals surface area contributed by atoms with Crippen LogP contribution in [-0.4, -0.2) is 36.4 Å². The van der Waals surface area contributed by atoms with Crippen LogP contribution in [0.5, 0.6) is 0 Å².